The molecule has 0 spiro atoms. The van der Waals surface area contributed by atoms with Crippen LogP contribution in [0, 0.1) is 11.8 Å². The third-order valence-electron chi connectivity index (χ3n) is 12.3. The van der Waals surface area contributed by atoms with Gasteiger partial charge in [-0.1, -0.05) is 88.4 Å². The lowest BCUT2D eigenvalue weighted by molar-refractivity contribution is -0.136. The average Bonchev–Trinajstić information content (AvgIpc) is 4.12. The molecule has 0 unspecified atom stereocenters. The van der Waals surface area contributed by atoms with Crippen LogP contribution < -0.4 is 10.6 Å². The number of likely N-dealkylation sites (tertiary alicyclic amines) is 2. The minimum Gasteiger partial charge on any atom is -0.453 e. The molecule has 2 aromatic heterocycles. The Hall–Kier alpha value is -6.70. The van der Waals surface area contributed by atoms with Crippen LogP contribution in [0.25, 0.3) is 55.4 Å². The molecule has 14 heteroatoms. The number of aromatic nitrogens is 4. The van der Waals surface area contributed by atoms with Crippen molar-refractivity contribution in [2.75, 3.05) is 27.3 Å². The second kappa shape index (κ2) is 17.7. The van der Waals surface area contributed by atoms with Crippen molar-refractivity contribution >= 4 is 46.1 Å². The minimum absolute atomic E-state index is 0.105. The van der Waals surface area contributed by atoms with Crippen LogP contribution >= 0.6 is 0 Å². The summed E-state index contributed by atoms with van der Waals surface area (Å²) in [6.45, 7) is 8.83. The number of H-pyrrole nitrogens is 2. The molecule has 2 saturated heterocycles. The summed E-state index contributed by atoms with van der Waals surface area (Å²) >= 11 is 0. The first kappa shape index (κ1) is 42.0. The molecule has 0 aliphatic carbocycles. The van der Waals surface area contributed by atoms with Gasteiger partial charge < -0.3 is 39.9 Å². The van der Waals surface area contributed by atoms with Crippen LogP contribution in [-0.4, -0.2) is 93.1 Å². The van der Waals surface area contributed by atoms with Crippen molar-refractivity contribution in [2.24, 2.45) is 11.8 Å². The van der Waals surface area contributed by atoms with Gasteiger partial charge in [0.05, 0.1) is 48.4 Å². The Bertz CT molecular complexity index is 2420. The Morgan fingerprint density at radius 1 is 0.565 bits per heavy atom. The van der Waals surface area contributed by atoms with E-state index in [1.807, 2.05) is 49.6 Å². The molecular weight excluding hydrogens is 785 g/mol. The second-order valence-corrected chi connectivity index (χ2v) is 17.0. The maximum atomic E-state index is 13.6. The van der Waals surface area contributed by atoms with Gasteiger partial charge >= 0.3 is 12.2 Å². The largest absolute Gasteiger partial charge is 0.453 e. The molecule has 6 aromatic rings. The Balaban J connectivity index is 0.943. The highest BCUT2D eigenvalue weighted by molar-refractivity contribution is 5.88. The first-order valence-electron chi connectivity index (χ1n) is 21.4. The van der Waals surface area contributed by atoms with Gasteiger partial charge in [0.25, 0.3) is 0 Å². The lowest BCUT2D eigenvalue weighted by atomic mass is 9.98. The molecule has 2 aliphatic heterocycles. The molecule has 4 heterocycles. The topological polar surface area (TPSA) is 175 Å². The van der Waals surface area contributed by atoms with E-state index in [2.05, 4.69) is 93.4 Å². The normalized spacial score (nSPS) is 17.5. The van der Waals surface area contributed by atoms with Crippen molar-refractivity contribution in [3.8, 4) is 33.4 Å². The van der Waals surface area contributed by atoms with E-state index in [1.54, 1.807) is 0 Å². The van der Waals surface area contributed by atoms with Crippen LogP contribution in [0.4, 0.5) is 9.59 Å². The first-order valence-corrected chi connectivity index (χ1v) is 21.4. The van der Waals surface area contributed by atoms with Gasteiger partial charge in [-0.2, -0.15) is 0 Å². The van der Waals surface area contributed by atoms with Crippen molar-refractivity contribution in [1.29, 1.82) is 0 Å². The quantitative estimate of drug-likeness (QED) is 0.100. The van der Waals surface area contributed by atoms with Crippen molar-refractivity contribution in [3.05, 3.63) is 96.6 Å². The van der Waals surface area contributed by atoms with Crippen LogP contribution in [-0.2, 0) is 19.1 Å². The summed E-state index contributed by atoms with van der Waals surface area (Å²) < 4.78 is 9.56. The third kappa shape index (κ3) is 8.46. The number of rotatable bonds is 11. The Kier molecular flexibility index (Phi) is 12.0. The number of ether oxygens (including phenoxy) is 2. The zero-order valence-corrected chi connectivity index (χ0v) is 36.0. The summed E-state index contributed by atoms with van der Waals surface area (Å²) in [5.74, 6) is 1.01. The van der Waals surface area contributed by atoms with Gasteiger partial charge in [-0.15, -0.1) is 0 Å². The molecule has 2 aliphatic rings. The fraction of sp³-hybridized carbons (Fsp3) is 0.375. The van der Waals surface area contributed by atoms with E-state index in [4.69, 9.17) is 19.4 Å². The first-order chi connectivity index (χ1) is 29.9. The van der Waals surface area contributed by atoms with Gasteiger partial charge in [0.2, 0.25) is 11.8 Å². The highest BCUT2D eigenvalue weighted by Crippen LogP contribution is 2.36. The predicted octanol–water partition coefficient (Wildman–Crippen LogP) is 8.53. The van der Waals surface area contributed by atoms with Crippen LogP contribution in [0.3, 0.4) is 0 Å². The maximum absolute atomic E-state index is 13.6. The molecule has 4 amide bonds. The number of methoxy groups -OCH3 is 2. The number of amides is 4. The molecule has 4 N–H and O–H groups in total. The number of fused-ring (bicyclic) bond motifs is 2. The lowest BCUT2D eigenvalue weighted by Gasteiger charge is -2.29. The highest BCUT2D eigenvalue weighted by Gasteiger charge is 2.39. The summed E-state index contributed by atoms with van der Waals surface area (Å²) in [6.07, 6.45) is 2.03. The van der Waals surface area contributed by atoms with Crippen molar-refractivity contribution in [1.82, 2.24) is 40.4 Å². The van der Waals surface area contributed by atoms with Crippen LogP contribution in [0.2, 0.25) is 0 Å². The zero-order chi connectivity index (χ0) is 43.7. The van der Waals surface area contributed by atoms with Crippen LogP contribution in [0.1, 0.15) is 77.1 Å². The van der Waals surface area contributed by atoms with Crippen molar-refractivity contribution < 1.29 is 28.7 Å². The zero-order valence-electron chi connectivity index (χ0n) is 36.0. The molecule has 62 heavy (non-hydrogen) atoms. The molecule has 8 rings (SSSR count). The van der Waals surface area contributed by atoms with E-state index in [-0.39, 0.29) is 35.7 Å². The van der Waals surface area contributed by atoms with Gasteiger partial charge in [0.15, 0.2) is 0 Å². The van der Waals surface area contributed by atoms with Crippen molar-refractivity contribution in [2.45, 2.75) is 77.5 Å². The van der Waals surface area contributed by atoms with E-state index in [0.717, 1.165) is 92.8 Å². The number of carbonyl (C=O) groups excluding carboxylic acids is 4. The van der Waals surface area contributed by atoms with Crippen molar-refractivity contribution in [3.63, 3.8) is 0 Å². The number of aromatic amines is 2. The Morgan fingerprint density at radius 3 is 1.24 bits per heavy atom. The smallest absolute Gasteiger partial charge is 0.407 e. The number of hydrogen-bond donors (Lipinski definition) is 4. The molecule has 0 radical (unpaired) electrons. The summed E-state index contributed by atoms with van der Waals surface area (Å²) in [7, 11) is 2.59. The second-order valence-electron chi connectivity index (χ2n) is 17.0. The number of nitrogens with one attached hydrogen (secondary N) is 4. The molecule has 14 nitrogen and oxygen atoms in total. The lowest BCUT2D eigenvalue weighted by Crippen LogP contribution is -2.51. The number of imidazole rings is 2. The molecule has 322 valence electrons. The number of nitrogens with zero attached hydrogens (tertiary/aromatic N) is 4. The maximum Gasteiger partial charge on any atom is 0.407 e. The standard InChI is InChI=1S/C48H54N8O6/c1-27(2)41(53-47(59)61-5)45(57)55-23-7-9-39(55)43-49-35-21-19-33(25-37(35)51-43)31-15-11-29(12-16-31)30-13-17-32(18-14-30)34-20-22-36-38(26-34)52-44(50-36)40-10-8-24-56(40)46(58)42(28(3)4)54-48(60)62-6/h11-22,25-28,39-42H,7-10,23-24H2,1-6H3,(H,49,51)(H,50,52)(H,53,59)(H,54,60)/t39-,40-,41+,42+/m0/s1. The van der Waals surface area contributed by atoms with Gasteiger partial charge in [-0.05, 0) is 95.2 Å². The van der Waals surface area contributed by atoms with Gasteiger partial charge in [0.1, 0.15) is 23.7 Å². The van der Waals surface area contributed by atoms with E-state index in [1.165, 1.54) is 14.2 Å². The fourth-order valence-electron chi connectivity index (χ4n) is 8.83. The Labute approximate surface area is 360 Å². The van der Waals surface area contributed by atoms with E-state index >= 15 is 0 Å². The van der Waals surface area contributed by atoms with E-state index in [0.29, 0.717) is 13.1 Å². The number of benzene rings is 4. The molecule has 0 saturated carbocycles. The summed E-state index contributed by atoms with van der Waals surface area (Å²) in [5.41, 5.74) is 9.91. The molecular formula is C48H54N8O6. The summed E-state index contributed by atoms with van der Waals surface area (Å²) in [6, 6.07) is 27.6. The SMILES string of the molecule is COC(=O)N[C@@H](C(=O)N1CCC[C@H]1c1nc2ccc(-c3ccc(-c4ccc(-c5ccc6nc([C@@H]7CCCN7C(=O)[C@H](NC(=O)OC)C(C)C)[nH]c6c5)cc4)cc3)cc2[nH]1)C(C)C. The third-order valence-corrected chi connectivity index (χ3v) is 12.3. The molecule has 2 fully saturated rings. The van der Waals surface area contributed by atoms with Crippen LogP contribution in [0.5, 0.6) is 0 Å². The van der Waals surface area contributed by atoms with Gasteiger partial charge in [-0.3, -0.25) is 9.59 Å². The van der Waals surface area contributed by atoms with E-state index < -0.39 is 24.3 Å². The van der Waals surface area contributed by atoms with E-state index in [9.17, 15) is 19.2 Å². The fourth-order valence-corrected chi connectivity index (χ4v) is 8.83. The average molecular weight is 839 g/mol. The number of alkyl carbamates (subject to hydrolysis) is 2. The molecule has 4 aromatic carbocycles. The van der Waals surface area contributed by atoms with Gasteiger partial charge in [0, 0.05) is 13.1 Å². The summed E-state index contributed by atoms with van der Waals surface area (Å²) in [4.78, 5) is 71.7. The molecule has 0 bridgehead atoms. The van der Waals surface area contributed by atoms with Gasteiger partial charge in [-0.25, -0.2) is 19.6 Å². The monoisotopic (exact) mass is 838 g/mol. The Morgan fingerprint density at radius 2 is 0.903 bits per heavy atom. The summed E-state index contributed by atoms with van der Waals surface area (Å²) in [5, 5.41) is 5.42. The van der Waals surface area contributed by atoms with Crippen LogP contribution in [0.15, 0.2) is 84.9 Å². The number of hydrogen-bond acceptors (Lipinski definition) is 8. The highest BCUT2D eigenvalue weighted by atomic mass is 16.5. The minimum atomic E-state index is -0.688. The predicted molar refractivity (Wildman–Crippen MR) is 238 cm³/mol. The molecule has 4 atom stereocenters. The number of carbonyl (C=O) groups is 4.